The Labute approximate surface area is 206 Å². The molecule has 4 aliphatic rings. The number of amides is 2. The first-order valence-corrected chi connectivity index (χ1v) is 13.0. The SMILES string of the molecule is CCOC(=O)c1ccc(C(CCNC(=O)NC23CC4CC(CC(C4)C2)C3)c2ccc(F)cc2)cc1. The van der Waals surface area contributed by atoms with Gasteiger partial charge in [-0.15, -0.1) is 0 Å². The first-order valence-electron chi connectivity index (χ1n) is 13.0. The molecule has 2 aromatic carbocycles. The number of urea groups is 1. The highest BCUT2D eigenvalue weighted by Crippen LogP contribution is 2.55. The maximum Gasteiger partial charge on any atom is 0.338 e. The molecule has 1 atom stereocenters. The molecule has 0 aliphatic heterocycles. The lowest BCUT2D eigenvalue weighted by Gasteiger charge is -2.56. The van der Waals surface area contributed by atoms with Crippen molar-refractivity contribution in [3.63, 3.8) is 0 Å². The molecule has 2 N–H and O–H groups in total. The van der Waals surface area contributed by atoms with Gasteiger partial charge in [0.25, 0.3) is 0 Å². The number of hydrogen-bond acceptors (Lipinski definition) is 3. The quantitative estimate of drug-likeness (QED) is 0.472. The number of carbonyl (C=O) groups excluding carboxylic acids is 2. The van der Waals surface area contributed by atoms with Gasteiger partial charge in [-0.2, -0.15) is 0 Å². The van der Waals surface area contributed by atoms with Crippen LogP contribution >= 0.6 is 0 Å². The van der Waals surface area contributed by atoms with Gasteiger partial charge in [-0.25, -0.2) is 14.0 Å². The number of rotatable bonds is 8. The third kappa shape index (κ3) is 5.36. The smallest absolute Gasteiger partial charge is 0.338 e. The molecular formula is C29H35FN2O3. The van der Waals surface area contributed by atoms with Gasteiger partial charge in [0.1, 0.15) is 5.82 Å². The molecule has 6 rings (SSSR count). The minimum atomic E-state index is -0.347. The summed E-state index contributed by atoms with van der Waals surface area (Å²) in [4.78, 5) is 24.9. The lowest BCUT2D eigenvalue weighted by atomic mass is 9.53. The summed E-state index contributed by atoms with van der Waals surface area (Å²) in [5, 5.41) is 6.45. The van der Waals surface area contributed by atoms with Crippen molar-refractivity contribution in [2.75, 3.05) is 13.2 Å². The van der Waals surface area contributed by atoms with Crippen LogP contribution in [0.25, 0.3) is 0 Å². The van der Waals surface area contributed by atoms with E-state index >= 15 is 0 Å². The first kappa shape index (κ1) is 23.8. The van der Waals surface area contributed by atoms with Crippen LogP contribution in [0.15, 0.2) is 48.5 Å². The molecular weight excluding hydrogens is 443 g/mol. The third-order valence-electron chi connectivity index (χ3n) is 8.23. The van der Waals surface area contributed by atoms with Crippen LogP contribution in [-0.2, 0) is 4.74 Å². The molecule has 35 heavy (non-hydrogen) atoms. The van der Waals surface area contributed by atoms with Crippen molar-refractivity contribution in [1.29, 1.82) is 0 Å². The Hall–Kier alpha value is -2.89. The zero-order valence-corrected chi connectivity index (χ0v) is 20.4. The van der Waals surface area contributed by atoms with Gasteiger partial charge in [0.05, 0.1) is 12.2 Å². The number of benzene rings is 2. The molecule has 0 aromatic heterocycles. The van der Waals surface area contributed by atoms with Gasteiger partial charge < -0.3 is 15.4 Å². The van der Waals surface area contributed by atoms with Crippen molar-refractivity contribution in [1.82, 2.24) is 10.6 Å². The fourth-order valence-electron chi connectivity index (χ4n) is 7.17. The summed E-state index contributed by atoms with van der Waals surface area (Å²) < 4.78 is 18.6. The molecule has 2 aromatic rings. The topological polar surface area (TPSA) is 67.4 Å². The second kappa shape index (κ2) is 10.00. The standard InChI is InChI=1S/C29H35FN2O3/c1-2-35-27(33)24-5-3-22(4-6-24)26(23-7-9-25(30)10-8-23)11-12-31-28(34)32-29-16-19-13-20(17-29)15-21(14-19)18-29/h3-10,19-21,26H,2,11-18H2,1H3,(H2,31,32,34). The summed E-state index contributed by atoms with van der Waals surface area (Å²) >= 11 is 0. The summed E-state index contributed by atoms with van der Waals surface area (Å²) in [6, 6.07) is 13.8. The molecule has 1 unspecified atom stereocenters. The Morgan fingerprint density at radius 3 is 2.03 bits per heavy atom. The van der Waals surface area contributed by atoms with Crippen molar-refractivity contribution in [3.05, 3.63) is 71.0 Å². The van der Waals surface area contributed by atoms with Crippen LogP contribution in [0.4, 0.5) is 9.18 Å². The molecule has 186 valence electrons. The van der Waals surface area contributed by atoms with Crippen molar-refractivity contribution in [2.24, 2.45) is 17.8 Å². The second-order valence-corrected chi connectivity index (χ2v) is 10.8. The van der Waals surface area contributed by atoms with E-state index < -0.39 is 0 Å². The Kier molecular flexibility index (Phi) is 6.81. The van der Waals surface area contributed by atoms with Gasteiger partial charge >= 0.3 is 12.0 Å². The van der Waals surface area contributed by atoms with E-state index in [-0.39, 0.29) is 29.3 Å². The maximum absolute atomic E-state index is 13.6. The van der Waals surface area contributed by atoms with Gasteiger partial charge in [-0.1, -0.05) is 24.3 Å². The lowest BCUT2D eigenvalue weighted by molar-refractivity contribution is -0.0135. The van der Waals surface area contributed by atoms with Crippen LogP contribution in [0.1, 0.15) is 79.3 Å². The Morgan fingerprint density at radius 1 is 0.943 bits per heavy atom. The number of ether oxygens (including phenoxy) is 1. The van der Waals surface area contributed by atoms with Gasteiger partial charge in [-0.05, 0) is 105 Å². The van der Waals surface area contributed by atoms with Gasteiger partial charge in [0, 0.05) is 18.0 Å². The Bertz CT molecular complexity index is 1020. The number of nitrogens with one attached hydrogen (secondary N) is 2. The number of hydrogen-bond donors (Lipinski definition) is 2. The van der Waals surface area contributed by atoms with Crippen molar-refractivity contribution < 1.29 is 18.7 Å². The minimum Gasteiger partial charge on any atom is -0.462 e. The van der Waals surface area contributed by atoms with Crippen LogP contribution in [0.2, 0.25) is 0 Å². The van der Waals surface area contributed by atoms with Gasteiger partial charge in [0.15, 0.2) is 0 Å². The molecule has 4 saturated carbocycles. The molecule has 0 heterocycles. The van der Waals surface area contributed by atoms with E-state index in [0.717, 1.165) is 48.1 Å². The summed E-state index contributed by atoms with van der Waals surface area (Å²) in [5.74, 6) is 1.68. The van der Waals surface area contributed by atoms with E-state index in [4.69, 9.17) is 4.74 Å². The van der Waals surface area contributed by atoms with Crippen LogP contribution in [0.3, 0.4) is 0 Å². The summed E-state index contributed by atoms with van der Waals surface area (Å²) in [6.45, 7) is 2.61. The predicted octanol–water partition coefficient (Wildman–Crippen LogP) is 5.79. The number of esters is 1. The highest BCUT2D eigenvalue weighted by atomic mass is 19.1. The Balaban J connectivity index is 1.23. The summed E-state index contributed by atoms with van der Waals surface area (Å²) in [5.41, 5.74) is 2.46. The minimum absolute atomic E-state index is 0.0158. The fourth-order valence-corrected chi connectivity index (χ4v) is 7.17. The van der Waals surface area contributed by atoms with E-state index in [0.29, 0.717) is 25.1 Å². The highest BCUT2D eigenvalue weighted by Gasteiger charge is 2.51. The van der Waals surface area contributed by atoms with E-state index in [1.54, 1.807) is 31.2 Å². The zero-order valence-electron chi connectivity index (χ0n) is 20.4. The van der Waals surface area contributed by atoms with Crippen LogP contribution in [-0.4, -0.2) is 30.7 Å². The zero-order chi connectivity index (χ0) is 24.4. The maximum atomic E-state index is 13.6. The fraction of sp³-hybridized carbons (Fsp3) is 0.517. The second-order valence-electron chi connectivity index (χ2n) is 10.8. The average molecular weight is 479 g/mol. The van der Waals surface area contributed by atoms with E-state index in [1.165, 1.54) is 31.4 Å². The van der Waals surface area contributed by atoms with E-state index in [2.05, 4.69) is 10.6 Å². The Morgan fingerprint density at radius 2 is 1.49 bits per heavy atom. The molecule has 4 fully saturated rings. The van der Waals surface area contributed by atoms with Crippen molar-refractivity contribution in [2.45, 2.75) is 63.3 Å². The van der Waals surface area contributed by atoms with Crippen LogP contribution in [0, 0.1) is 23.6 Å². The van der Waals surface area contributed by atoms with E-state index in [9.17, 15) is 14.0 Å². The van der Waals surface area contributed by atoms with Crippen molar-refractivity contribution in [3.8, 4) is 0 Å². The number of carbonyl (C=O) groups is 2. The molecule has 4 aliphatic carbocycles. The third-order valence-corrected chi connectivity index (χ3v) is 8.23. The lowest BCUT2D eigenvalue weighted by Crippen LogP contribution is -2.61. The average Bonchev–Trinajstić information content (AvgIpc) is 2.82. The summed E-state index contributed by atoms with van der Waals surface area (Å²) in [6.07, 6.45) is 8.07. The first-order chi connectivity index (χ1) is 16.9. The normalized spacial score (nSPS) is 27.3. The molecule has 2 amide bonds. The molecule has 4 bridgehead atoms. The van der Waals surface area contributed by atoms with E-state index in [1.807, 2.05) is 12.1 Å². The molecule has 0 radical (unpaired) electrons. The van der Waals surface area contributed by atoms with Crippen LogP contribution < -0.4 is 10.6 Å². The van der Waals surface area contributed by atoms with Crippen LogP contribution in [0.5, 0.6) is 0 Å². The largest absolute Gasteiger partial charge is 0.462 e. The molecule has 5 nitrogen and oxygen atoms in total. The predicted molar refractivity (Wildman–Crippen MR) is 133 cm³/mol. The molecule has 6 heteroatoms. The van der Waals surface area contributed by atoms with Crippen molar-refractivity contribution >= 4 is 12.0 Å². The molecule has 0 saturated heterocycles. The monoisotopic (exact) mass is 478 g/mol. The summed E-state index contributed by atoms with van der Waals surface area (Å²) in [7, 11) is 0. The van der Waals surface area contributed by atoms with Gasteiger partial charge in [0.2, 0.25) is 0 Å². The molecule has 0 spiro atoms. The highest BCUT2D eigenvalue weighted by molar-refractivity contribution is 5.89. The number of halogens is 1. The van der Waals surface area contributed by atoms with Gasteiger partial charge in [-0.3, -0.25) is 0 Å².